The molecule has 88 valence electrons. The molecule has 0 unspecified atom stereocenters. The first-order chi connectivity index (χ1) is 8.86. The van der Waals surface area contributed by atoms with E-state index in [1.165, 1.54) is 0 Å². The van der Waals surface area contributed by atoms with E-state index in [4.69, 9.17) is 5.73 Å². The molecule has 0 bridgehead atoms. The van der Waals surface area contributed by atoms with Crippen molar-refractivity contribution in [3.05, 3.63) is 66.9 Å². The molecule has 0 aliphatic carbocycles. The van der Waals surface area contributed by atoms with Crippen molar-refractivity contribution in [1.29, 1.82) is 0 Å². The van der Waals surface area contributed by atoms with Crippen LogP contribution in [-0.2, 0) is 0 Å². The Morgan fingerprint density at radius 1 is 0.833 bits per heavy atom. The molecule has 0 atom stereocenters. The van der Waals surface area contributed by atoms with Crippen molar-refractivity contribution >= 4 is 5.69 Å². The molecule has 0 saturated carbocycles. The van der Waals surface area contributed by atoms with Gasteiger partial charge < -0.3 is 5.73 Å². The van der Waals surface area contributed by atoms with Crippen LogP contribution in [0.2, 0.25) is 0 Å². The smallest absolute Gasteiger partial charge is 0.0970 e. The van der Waals surface area contributed by atoms with Crippen LogP contribution in [-0.4, -0.2) is 9.78 Å². The van der Waals surface area contributed by atoms with Crippen molar-refractivity contribution < 1.29 is 0 Å². The van der Waals surface area contributed by atoms with Crippen molar-refractivity contribution in [3.8, 4) is 16.9 Å². The van der Waals surface area contributed by atoms with Gasteiger partial charge in [0, 0.05) is 5.56 Å². The van der Waals surface area contributed by atoms with Crippen LogP contribution in [0.3, 0.4) is 0 Å². The molecule has 0 spiro atoms. The van der Waals surface area contributed by atoms with Gasteiger partial charge in [-0.15, -0.1) is 0 Å². The standard InChI is InChI=1S/C15H13N3/c16-14-11-17-18(13-9-5-2-6-10-13)15(14)12-7-3-1-4-8-12/h1-11H,16H2. The molecular weight excluding hydrogens is 222 g/mol. The molecule has 2 N–H and O–H groups in total. The fourth-order valence-corrected chi connectivity index (χ4v) is 2.01. The van der Waals surface area contributed by atoms with Crippen molar-refractivity contribution in [3.63, 3.8) is 0 Å². The number of nitrogens with zero attached hydrogens (tertiary/aromatic N) is 2. The number of anilines is 1. The first-order valence-corrected chi connectivity index (χ1v) is 5.80. The lowest BCUT2D eigenvalue weighted by Crippen LogP contribution is -1.99. The van der Waals surface area contributed by atoms with Gasteiger partial charge in [0.2, 0.25) is 0 Å². The van der Waals surface area contributed by atoms with Gasteiger partial charge in [-0.3, -0.25) is 0 Å². The molecule has 0 saturated heterocycles. The number of rotatable bonds is 2. The lowest BCUT2D eigenvalue weighted by atomic mass is 10.1. The van der Waals surface area contributed by atoms with E-state index in [1.807, 2.05) is 65.3 Å². The molecule has 3 heteroatoms. The first-order valence-electron chi connectivity index (χ1n) is 5.80. The maximum absolute atomic E-state index is 6.03. The van der Waals surface area contributed by atoms with Crippen molar-refractivity contribution in [2.75, 3.05) is 5.73 Å². The number of nitrogen functional groups attached to an aromatic ring is 1. The zero-order valence-corrected chi connectivity index (χ0v) is 9.82. The number of hydrogen-bond donors (Lipinski definition) is 1. The van der Waals surface area contributed by atoms with Gasteiger partial charge in [0.05, 0.1) is 23.3 Å². The molecule has 0 fully saturated rings. The predicted octanol–water partition coefficient (Wildman–Crippen LogP) is 3.12. The van der Waals surface area contributed by atoms with E-state index >= 15 is 0 Å². The van der Waals surface area contributed by atoms with Gasteiger partial charge in [-0.05, 0) is 12.1 Å². The van der Waals surface area contributed by atoms with Gasteiger partial charge in [0.1, 0.15) is 0 Å². The Bertz CT molecular complexity index is 642. The summed E-state index contributed by atoms with van der Waals surface area (Å²) >= 11 is 0. The highest BCUT2D eigenvalue weighted by atomic mass is 15.3. The summed E-state index contributed by atoms with van der Waals surface area (Å²) in [5.41, 5.74) is 9.72. The normalized spacial score (nSPS) is 10.4. The minimum atomic E-state index is 0.685. The van der Waals surface area contributed by atoms with Crippen LogP contribution in [0.1, 0.15) is 0 Å². The molecule has 3 aromatic rings. The number of nitrogens with two attached hydrogens (primary N) is 1. The van der Waals surface area contributed by atoms with Crippen LogP contribution in [0.15, 0.2) is 66.9 Å². The SMILES string of the molecule is Nc1cnn(-c2ccccc2)c1-c1ccccc1. The second-order valence-electron chi connectivity index (χ2n) is 4.06. The first kappa shape index (κ1) is 10.6. The Balaban J connectivity index is 2.19. The van der Waals surface area contributed by atoms with E-state index in [9.17, 15) is 0 Å². The van der Waals surface area contributed by atoms with Crippen LogP contribution < -0.4 is 5.73 Å². The van der Waals surface area contributed by atoms with Crippen molar-refractivity contribution in [2.45, 2.75) is 0 Å². The van der Waals surface area contributed by atoms with Gasteiger partial charge in [-0.1, -0.05) is 48.5 Å². The molecule has 0 aliphatic heterocycles. The minimum absolute atomic E-state index is 0.685. The third-order valence-corrected chi connectivity index (χ3v) is 2.85. The zero-order chi connectivity index (χ0) is 12.4. The Hall–Kier alpha value is -2.55. The zero-order valence-electron chi connectivity index (χ0n) is 9.82. The highest BCUT2D eigenvalue weighted by molar-refractivity contribution is 5.74. The molecule has 0 radical (unpaired) electrons. The predicted molar refractivity (Wildman–Crippen MR) is 73.4 cm³/mol. The Morgan fingerprint density at radius 3 is 2.11 bits per heavy atom. The van der Waals surface area contributed by atoms with E-state index in [0.29, 0.717) is 5.69 Å². The summed E-state index contributed by atoms with van der Waals surface area (Å²) in [6, 6.07) is 20.0. The molecule has 3 rings (SSSR count). The van der Waals surface area contributed by atoms with Gasteiger partial charge in [0.25, 0.3) is 0 Å². The van der Waals surface area contributed by atoms with Crippen LogP contribution in [0.5, 0.6) is 0 Å². The summed E-state index contributed by atoms with van der Waals surface area (Å²) < 4.78 is 1.87. The Labute approximate surface area is 105 Å². The molecule has 2 aromatic carbocycles. The topological polar surface area (TPSA) is 43.8 Å². The van der Waals surface area contributed by atoms with Crippen LogP contribution in [0.25, 0.3) is 16.9 Å². The number of hydrogen-bond acceptors (Lipinski definition) is 2. The van der Waals surface area contributed by atoms with Gasteiger partial charge in [0.15, 0.2) is 0 Å². The van der Waals surface area contributed by atoms with E-state index in [-0.39, 0.29) is 0 Å². The fraction of sp³-hybridized carbons (Fsp3) is 0. The van der Waals surface area contributed by atoms with Crippen molar-refractivity contribution in [2.24, 2.45) is 0 Å². The third-order valence-electron chi connectivity index (χ3n) is 2.85. The number of benzene rings is 2. The molecule has 3 nitrogen and oxygen atoms in total. The lowest BCUT2D eigenvalue weighted by Gasteiger charge is -2.08. The Kier molecular flexibility index (Phi) is 2.57. The molecule has 0 amide bonds. The molecular formula is C15H13N3. The quantitative estimate of drug-likeness (QED) is 0.741. The average molecular weight is 235 g/mol. The maximum atomic E-state index is 6.03. The van der Waals surface area contributed by atoms with Gasteiger partial charge >= 0.3 is 0 Å². The van der Waals surface area contributed by atoms with E-state index in [1.54, 1.807) is 6.20 Å². The lowest BCUT2D eigenvalue weighted by molar-refractivity contribution is 0.888. The van der Waals surface area contributed by atoms with Gasteiger partial charge in [-0.2, -0.15) is 5.10 Å². The van der Waals surface area contributed by atoms with Crippen LogP contribution >= 0.6 is 0 Å². The average Bonchev–Trinajstić information content (AvgIpc) is 2.83. The van der Waals surface area contributed by atoms with Crippen LogP contribution in [0.4, 0.5) is 5.69 Å². The largest absolute Gasteiger partial charge is 0.396 e. The van der Waals surface area contributed by atoms with Gasteiger partial charge in [-0.25, -0.2) is 4.68 Å². The monoisotopic (exact) mass is 235 g/mol. The van der Waals surface area contributed by atoms with E-state index in [2.05, 4.69) is 5.10 Å². The highest BCUT2D eigenvalue weighted by Gasteiger charge is 2.11. The summed E-state index contributed by atoms with van der Waals surface area (Å²) in [5, 5.41) is 4.35. The molecule has 1 aromatic heterocycles. The minimum Gasteiger partial charge on any atom is -0.396 e. The fourth-order valence-electron chi connectivity index (χ4n) is 2.01. The summed E-state index contributed by atoms with van der Waals surface area (Å²) in [4.78, 5) is 0. The highest BCUT2D eigenvalue weighted by Crippen LogP contribution is 2.27. The van der Waals surface area contributed by atoms with E-state index < -0.39 is 0 Å². The molecule has 18 heavy (non-hydrogen) atoms. The molecule has 1 heterocycles. The Morgan fingerprint density at radius 2 is 1.44 bits per heavy atom. The number of para-hydroxylation sites is 1. The van der Waals surface area contributed by atoms with Crippen molar-refractivity contribution in [1.82, 2.24) is 9.78 Å². The second-order valence-corrected chi connectivity index (χ2v) is 4.06. The summed E-state index contributed by atoms with van der Waals surface area (Å²) in [7, 11) is 0. The summed E-state index contributed by atoms with van der Waals surface area (Å²) in [5.74, 6) is 0. The maximum Gasteiger partial charge on any atom is 0.0970 e. The second kappa shape index (κ2) is 4.37. The van der Waals surface area contributed by atoms with E-state index in [0.717, 1.165) is 16.9 Å². The summed E-state index contributed by atoms with van der Waals surface area (Å²) in [6.45, 7) is 0. The van der Waals surface area contributed by atoms with Crippen LogP contribution in [0, 0.1) is 0 Å². The third kappa shape index (κ3) is 1.76. The molecule has 0 aliphatic rings. The number of aromatic nitrogens is 2. The summed E-state index contributed by atoms with van der Waals surface area (Å²) in [6.07, 6.45) is 1.69.